The van der Waals surface area contributed by atoms with E-state index in [4.69, 9.17) is 0 Å². The van der Waals surface area contributed by atoms with E-state index in [9.17, 15) is 14.4 Å². The highest BCUT2D eigenvalue weighted by molar-refractivity contribution is 6.04. The van der Waals surface area contributed by atoms with Gasteiger partial charge in [-0.1, -0.05) is 6.07 Å². The molecule has 1 aliphatic rings. The van der Waals surface area contributed by atoms with E-state index in [0.717, 1.165) is 5.01 Å². The first-order valence-corrected chi connectivity index (χ1v) is 4.76. The molecule has 1 aromatic heterocycles. The van der Waals surface area contributed by atoms with E-state index in [1.54, 1.807) is 12.1 Å². The lowest BCUT2D eigenvalue weighted by Gasteiger charge is -2.14. The second-order valence-corrected chi connectivity index (χ2v) is 3.28. The predicted molar refractivity (Wildman–Crippen MR) is 52.8 cm³/mol. The summed E-state index contributed by atoms with van der Waals surface area (Å²) >= 11 is 0. The first-order valence-electron chi connectivity index (χ1n) is 4.76. The normalized spacial score (nSPS) is 15.4. The van der Waals surface area contributed by atoms with Gasteiger partial charge < -0.3 is 0 Å². The number of nitrogens with one attached hydrogen (secondary N) is 1. The Labute approximate surface area is 91.2 Å². The molecule has 1 aromatic rings. The maximum absolute atomic E-state index is 11.6. The summed E-state index contributed by atoms with van der Waals surface area (Å²) in [6.45, 7) is 0. The molecule has 16 heavy (non-hydrogen) atoms. The Morgan fingerprint density at radius 3 is 2.50 bits per heavy atom. The molecule has 0 spiro atoms. The Kier molecular flexibility index (Phi) is 2.63. The van der Waals surface area contributed by atoms with Crippen LogP contribution in [0.25, 0.3) is 0 Å². The molecule has 6 heteroatoms. The Morgan fingerprint density at radius 1 is 1.25 bits per heavy atom. The number of rotatable bonds is 2. The van der Waals surface area contributed by atoms with Crippen LogP contribution in [0, 0.1) is 0 Å². The zero-order valence-corrected chi connectivity index (χ0v) is 8.34. The number of hydrazine groups is 1. The van der Waals surface area contributed by atoms with Crippen molar-refractivity contribution in [3.8, 4) is 0 Å². The van der Waals surface area contributed by atoms with Crippen LogP contribution in [0.3, 0.4) is 0 Å². The second-order valence-electron chi connectivity index (χ2n) is 3.28. The van der Waals surface area contributed by atoms with Gasteiger partial charge in [0.25, 0.3) is 5.91 Å². The molecule has 0 aromatic carbocycles. The molecule has 0 saturated carbocycles. The van der Waals surface area contributed by atoms with Crippen molar-refractivity contribution in [3.05, 3.63) is 30.1 Å². The van der Waals surface area contributed by atoms with Crippen LogP contribution in [-0.2, 0) is 9.59 Å². The highest BCUT2D eigenvalue weighted by Crippen LogP contribution is 2.09. The minimum atomic E-state index is -0.566. The number of amides is 3. The SMILES string of the molecule is O=C(NN1C(=O)CCC1=O)c1ccccn1. The van der Waals surface area contributed by atoms with Gasteiger partial charge in [-0.2, -0.15) is 5.01 Å². The number of hydrogen-bond acceptors (Lipinski definition) is 4. The topological polar surface area (TPSA) is 79.4 Å². The van der Waals surface area contributed by atoms with E-state index in [1.807, 2.05) is 0 Å². The summed E-state index contributed by atoms with van der Waals surface area (Å²) in [5.41, 5.74) is 2.39. The van der Waals surface area contributed by atoms with Crippen molar-refractivity contribution in [1.29, 1.82) is 0 Å². The van der Waals surface area contributed by atoms with Crippen LogP contribution >= 0.6 is 0 Å². The molecule has 3 amide bonds. The highest BCUT2D eigenvalue weighted by Gasteiger charge is 2.30. The molecule has 0 bridgehead atoms. The minimum Gasteiger partial charge on any atom is -0.273 e. The fourth-order valence-corrected chi connectivity index (χ4v) is 1.36. The Hall–Kier alpha value is -2.24. The maximum atomic E-state index is 11.6. The average molecular weight is 219 g/mol. The minimum absolute atomic E-state index is 0.140. The summed E-state index contributed by atoms with van der Waals surface area (Å²) in [6, 6.07) is 4.82. The van der Waals surface area contributed by atoms with Crippen LogP contribution in [0.1, 0.15) is 23.3 Å². The summed E-state index contributed by atoms with van der Waals surface area (Å²) in [7, 11) is 0. The fourth-order valence-electron chi connectivity index (χ4n) is 1.36. The molecule has 2 rings (SSSR count). The summed E-state index contributed by atoms with van der Waals surface area (Å²) in [6.07, 6.45) is 1.74. The van der Waals surface area contributed by atoms with Crippen molar-refractivity contribution in [1.82, 2.24) is 15.4 Å². The molecule has 2 heterocycles. The van der Waals surface area contributed by atoms with E-state index >= 15 is 0 Å². The van der Waals surface area contributed by atoms with E-state index in [1.165, 1.54) is 12.3 Å². The lowest BCUT2D eigenvalue weighted by molar-refractivity contribution is -0.141. The molecular weight excluding hydrogens is 210 g/mol. The zero-order chi connectivity index (χ0) is 11.5. The number of carbonyl (C=O) groups excluding carboxylic acids is 3. The first-order chi connectivity index (χ1) is 7.68. The standard InChI is InChI=1S/C10H9N3O3/c14-8-4-5-9(15)13(8)12-10(16)7-3-1-2-6-11-7/h1-3,6H,4-5H2,(H,12,16). The lowest BCUT2D eigenvalue weighted by atomic mass is 10.3. The molecule has 0 aliphatic carbocycles. The number of imide groups is 1. The maximum Gasteiger partial charge on any atom is 0.288 e. The third kappa shape index (κ3) is 1.90. The van der Waals surface area contributed by atoms with E-state index in [2.05, 4.69) is 10.4 Å². The summed E-state index contributed by atoms with van der Waals surface area (Å²) in [5.74, 6) is -1.35. The number of nitrogens with zero attached hydrogens (tertiary/aromatic N) is 2. The molecule has 82 valence electrons. The van der Waals surface area contributed by atoms with Gasteiger partial charge in [-0.3, -0.25) is 24.8 Å². The Morgan fingerprint density at radius 2 is 1.94 bits per heavy atom. The lowest BCUT2D eigenvalue weighted by Crippen LogP contribution is -2.45. The van der Waals surface area contributed by atoms with Gasteiger partial charge in [0, 0.05) is 19.0 Å². The molecule has 1 N–H and O–H groups in total. The van der Waals surface area contributed by atoms with E-state index in [-0.39, 0.29) is 18.5 Å². The second kappa shape index (κ2) is 4.09. The molecule has 1 aliphatic heterocycles. The summed E-state index contributed by atoms with van der Waals surface area (Å²) < 4.78 is 0. The van der Waals surface area contributed by atoms with Gasteiger partial charge in [-0.05, 0) is 12.1 Å². The smallest absolute Gasteiger partial charge is 0.273 e. The van der Waals surface area contributed by atoms with Crippen molar-refractivity contribution in [3.63, 3.8) is 0 Å². The van der Waals surface area contributed by atoms with Crippen molar-refractivity contribution in [2.45, 2.75) is 12.8 Å². The van der Waals surface area contributed by atoms with Gasteiger partial charge in [0.05, 0.1) is 0 Å². The van der Waals surface area contributed by atoms with Crippen LogP contribution in [0.2, 0.25) is 0 Å². The van der Waals surface area contributed by atoms with Gasteiger partial charge in [-0.15, -0.1) is 0 Å². The van der Waals surface area contributed by atoms with E-state index in [0.29, 0.717) is 0 Å². The molecule has 1 saturated heterocycles. The van der Waals surface area contributed by atoms with Crippen LogP contribution in [0.5, 0.6) is 0 Å². The van der Waals surface area contributed by atoms with Crippen molar-refractivity contribution in [2.24, 2.45) is 0 Å². The number of pyridine rings is 1. The first kappa shape index (κ1) is 10.3. The quantitative estimate of drug-likeness (QED) is 0.703. The Balaban J connectivity index is 2.08. The largest absolute Gasteiger partial charge is 0.288 e. The van der Waals surface area contributed by atoms with Gasteiger partial charge in [0.1, 0.15) is 5.69 Å². The van der Waals surface area contributed by atoms with Crippen LogP contribution in [0.15, 0.2) is 24.4 Å². The fraction of sp³-hybridized carbons (Fsp3) is 0.200. The third-order valence-corrected chi connectivity index (χ3v) is 2.16. The number of carbonyl (C=O) groups is 3. The third-order valence-electron chi connectivity index (χ3n) is 2.16. The molecule has 6 nitrogen and oxygen atoms in total. The molecule has 0 atom stereocenters. The number of aromatic nitrogens is 1. The molecular formula is C10H9N3O3. The predicted octanol–water partition coefficient (Wildman–Crippen LogP) is -0.125. The molecule has 0 unspecified atom stereocenters. The van der Waals surface area contributed by atoms with Gasteiger partial charge in [-0.25, -0.2) is 0 Å². The molecule has 0 radical (unpaired) electrons. The highest BCUT2D eigenvalue weighted by atomic mass is 16.2. The Bertz CT molecular complexity index is 428. The summed E-state index contributed by atoms with van der Waals surface area (Å²) in [4.78, 5) is 37.8. The van der Waals surface area contributed by atoms with Crippen molar-refractivity contribution < 1.29 is 14.4 Å². The molecule has 1 fully saturated rings. The van der Waals surface area contributed by atoms with Crippen LogP contribution < -0.4 is 5.43 Å². The van der Waals surface area contributed by atoms with E-state index < -0.39 is 17.7 Å². The van der Waals surface area contributed by atoms with Crippen molar-refractivity contribution >= 4 is 17.7 Å². The van der Waals surface area contributed by atoms with Gasteiger partial charge in [0.15, 0.2) is 0 Å². The summed E-state index contributed by atoms with van der Waals surface area (Å²) in [5, 5.41) is 0.747. The van der Waals surface area contributed by atoms with Crippen LogP contribution in [-0.4, -0.2) is 27.7 Å². The number of hydrogen-bond donors (Lipinski definition) is 1. The monoisotopic (exact) mass is 219 g/mol. The zero-order valence-electron chi connectivity index (χ0n) is 8.34. The average Bonchev–Trinajstić information content (AvgIpc) is 2.62. The van der Waals surface area contributed by atoms with Crippen molar-refractivity contribution in [2.75, 3.05) is 0 Å². The van der Waals surface area contributed by atoms with Gasteiger partial charge in [0.2, 0.25) is 11.8 Å². The van der Waals surface area contributed by atoms with Crippen LogP contribution in [0.4, 0.5) is 0 Å². The van der Waals surface area contributed by atoms with Gasteiger partial charge >= 0.3 is 0 Å².